The summed E-state index contributed by atoms with van der Waals surface area (Å²) in [5.74, 6) is -0.529. The van der Waals surface area contributed by atoms with E-state index in [0.717, 1.165) is 12.8 Å². The molecule has 0 aliphatic heterocycles. The van der Waals surface area contributed by atoms with Gasteiger partial charge in [-0.2, -0.15) is 5.10 Å². The van der Waals surface area contributed by atoms with E-state index in [1.165, 1.54) is 56.0 Å². The molecule has 0 radical (unpaired) electrons. The standard InChI is InChI=1S/C20H25N3O4/c1-2-3-4-5-6-7-8-16-9-11-17(12-10-16)20(24)22-21-15-18-13-14-19(27-18)23(25)26/h9-15H,2-8H2,1H3,(H,22,24)/b21-15+. The lowest BCUT2D eigenvalue weighted by Gasteiger charge is -2.04. The van der Waals surface area contributed by atoms with E-state index in [-0.39, 0.29) is 17.6 Å². The zero-order valence-electron chi connectivity index (χ0n) is 15.5. The average Bonchev–Trinajstić information content (AvgIpc) is 3.14. The van der Waals surface area contributed by atoms with Crippen molar-refractivity contribution < 1.29 is 14.1 Å². The first kappa shape index (κ1) is 20.4. The Kier molecular flexibility index (Phi) is 8.22. The number of hydrogen-bond donors (Lipinski definition) is 1. The molecule has 0 spiro atoms. The van der Waals surface area contributed by atoms with Gasteiger partial charge in [-0.05, 0) is 36.6 Å². The Morgan fingerprint density at radius 1 is 1.11 bits per heavy atom. The molecule has 1 N–H and O–H groups in total. The number of unbranched alkanes of at least 4 members (excludes halogenated alkanes) is 5. The maximum absolute atomic E-state index is 12.1. The highest BCUT2D eigenvalue weighted by Crippen LogP contribution is 2.14. The number of hydrogen-bond acceptors (Lipinski definition) is 5. The number of carbonyl (C=O) groups excluding carboxylic acids is 1. The van der Waals surface area contributed by atoms with E-state index in [0.29, 0.717) is 5.56 Å². The third-order valence-corrected chi connectivity index (χ3v) is 4.19. The maximum atomic E-state index is 12.1. The van der Waals surface area contributed by atoms with Crippen molar-refractivity contribution in [3.63, 3.8) is 0 Å². The molecule has 0 aliphatic rings. The van der Waals surface area contributed by atoms with Crippen LogP contribution in [-0.4, -0.2) is 17.0 Å². The first-order valence-electron chi connectivity index (χ1n) is 9.26. The zero-order chi connectivity index (χ0) is 19.5. The van der Waals surface area contributed by atoms with E-state index in [9.17, 15) is 14.9 Å². The van der Waals surface area contributed by atoms with Gasteiger partial charge in [-0.3, -0.25) is 14.9 Å². The number of nitrogens with zero attached hydrogens (tertiary/aromatic N) is 2. The van der Waals surface area contributed by atoms with Gasteiger partial charge in [0.05, 0.1) is 12.3 Å². The van der Waals surface area contributed by atoms with Gasteiger partial charge in [-0.1, -0.05) is 51.2 Å². The summed E-state index contributed by atoms with van der Waals surface area (Å²) in [6, 6.07) is 10.1. The Morgan fingerprint density at radius 2 is 1.81 bits per heavy atom. The minimum absolute atomic E-state index is 0.191. The summed E-state index contributed by atoms with van der Waals surface area (Å²) in [5.41, 5.74) is 4.10. The minimum atomic E-state index is -0.636. The van der Waals surface area contributed by atoms with Crippen LogP contribution in [-0.2, 0) is 6.42 Å². The normalized spacial score (nSPS) is 11.0. The van der Waals surface area contributed by atoms with Crippen molar-refractivity contribution >= 4 is 18.0 Å². The first-order chi connectivity index (χ1) is 13.1. The first-order valence-corrected chi connectivity index (χ1v) is 9.26. The van der Waals surface area contributed by atoms with Crippen molar-refractivity contribution in [2.75, 3.05) is 0 Å². The van der Waals surface area contributed by atoms with Gasteiger partial charge in [0.1, 0.15) is 4.92 Å². The Bertz CT molecular complexity index is 766. The van der Waals surface area contributed by atoms with Crippen LogP contribution in [0.3, 0.4) is 0 Å². The summed E-state index contributed by atoms with van der Waals surface area (Å²) in [7, 11) is 0. The van der Waals surface area contributed by atoms with E-state index < -0.39 is 4.92 Å². The number of carbonyl (C=O) groups is 1. The van der Waals surface area contributed by atoms with Crippen LogP contribution in [0.1, 0.15) is 67.1 Å². The van der Waals surface area contributed by atoms with Crippen molar-refractivity contribution in [2.45, 2.75) is 51.9 Å². The van der Waals surface area contributed by atoms with Gasteiger partial charge in [-0.25, -0.2) is 5.43 Å². The van der Waals surface area contributed by atoms with Gasteiger partial charge in [0.25, 0.3) is 5.91 Å². The summed E-state index contributed by atoms with van der Waals surface area (Å²) in [4.78, 5) is 22.0. The minimum Gasteiger partial charge on any atom is -0.400 e. The van der Waals surface area contributed by atoms with E-state index in [1.54, 1.807) is 12.1 Å². The van der Waals surface area contributed by atoms with Gasteiger partial charge in [0.2, 0.25) is 0 Å². The molecule has 2 aromatic rings. The Hall–Kier alpha value is -2.96. The molecule has 0 atom stereocenters. The van der Waals surface area contributed by atoms with Crippen LogP contribution in [0.2, 0.25) is 0 Å². The number of benzene rings is 1. The number of rotatable bonds is 11. The predicted octanol–water partition coefficient (Wildman–Crippen LogP) is 4.85. The third-order valence-electron chi connectivity index (χ3n) is 4.19. The SMILES string of the molecule is CCCCCCCCc1ccc(C(=O)N/N=C/c2ccc([N+](=O)[O-])o2)cc1. The van der Waals surface area contributed by atoms with Crippen LogP contribution in [0.4, 0.5) is 5.88 Å². The molecule has 1 heterocycles. The van der Waals surface area contributed by atoms with Crippen molar-refractivity contribution in [3.8, 4) is 0 Å². The van der Waals surface area contributed by atoms with Crippen LogP contribution in [0.5, 0.6) is 0 Å². The monoisotopic (exact) mass is 371 g/mol. The molecular weight excluding hydrogens is 346 g/mol. The molecule has 0 saturated heterocycles. The second kappa shape index (κ2) is 10.9. The number of amides is 1. The lowest BCUT2D eigenvalue weighted by Crippen LogP contribution is -2.17. The molecule has 1 aromatic heterocycles. The molecule has 1 aromatic carbocycles. The van der Waals surface area contributed by atoms with Crippen LogP contribution in [0.25, 0.3) is 0 Å². The molecule has 2 rings (SSSR count). The fourth-order valence-corrected chi connectivity index (χ4v) is 2.66. The molecule has 0 unspecified atom stereocenters. The summed E-state index contributed by atoms with van der Waals surface area (Å²) in [5, 5.41) is 14.3. The predicted molar refractivity (Wildman–Crippen MR) is 104 cm³/mol. The highest BCUT2D eigenvalue weighted by atomic mass is 16.6. The molecule has 7 nitrogen and oxygen atoms in total. The molecule has 0 bridgehead atoms. The summed E-state index contributed by atoms with van der Waals surface area (Å²) in [6.07, 6.45) is 9.79. The second-order valence-corrected chi connectivity index (χ2v) is 6.35. The van der Waals surface area contributed by atoms with Crippen molar-refractivity contribution in [2.24, 2.45) is 5.10 Å². The number of aryl methyl sites for hydroxylation is 1. The van der Waals surface area contributed by atoms with E-state index >= 15 is 0 Å². The van der Waals surface area contributed by atoms with Gasteiger partial charge in [-0.15, -0.1) is 0 Å². The number of furan rings is 1. The summed E-state index contributed by atoms with van der Waals surface area (Å²) >= 11 is 0. The zero-order valence-corrected chi connectivity index (χ0v) is 15.5. The number of nitro groups is 1. The lowest BCUT2D eigenvalue weighted by atomic mass is 10.0. The fraction of sp³-hybridized carbons (Fsp3) is 0.400. The number of hydrazone groups is 1. The van der Waals surface area contributed by atoms with Gasteiger partial charge in [0.15, 0.2) is 5.76 Å². The Balaban J connectivity index is 1.75. The van der Waals surface area contributed by atoms with Crippen LogP contribution in [0, 0.1) is 10.1 Å². The van der Waals surface area contributed by atoms with E-state index in [2.05, 4.69) is 17.5 Å². The Morgan fingerprint density at radius 3 is 2.48 bits per heavy atom. The largest absolute Gasteiger partial charge is 0.433 e. The molecule has 144 valence electrons. The van der Waals surface area contributed by atoms with Gasteiger partial charge in [0, 0.05) is 5.56 Å². The Labute approximate surface area is 158 Å². The molecule has 0 aliphatic carbocycles. The quantitative estimate of drug-likeness (QED) is 0.264. The van der Waals surface area contributed by atoms with Crippen molar-refractivity contribution in [1.29, 1.82) is 0 Å². The highest BCUT2D eigenvalue weighted by Gasteiger charge is 2.10. The second-order valence-electron chi connectivity index (χ2n) is 6.35. The van der Waals surface area contributed by atoms with Crippen molar-refractivity contribution in [3.05, 3.63) is 63.4 Å². The number of nitrogens with one attached hydrogen (secondary N) is 1. The maximum Gasteiger partial charge on any atom is 0.433 e. The average molecular weight is 371 g/mol. The summed E-state index contributed by atoms with van der Waals surface area (Å²) < 4.78 is 4.92. The molecule has 0 fully saturated rings. The van der Waals surface area contributed by atoms with Crippen LogP contribution < -0.4 is 5.43 Å². The van der Waals surface area contributed by atoms with Crippen molar-refractivity contribution in [1.82, 2.24) is 5.43 Å². The van der Waals surface area contributed by atoms with E-state index in [4.69, 9.17) is 4.42 Å². The van der Waals surface area contributed by atoms with Gasteiger partial charge >= 0.3 is 5.88 Å². The van der Waals surface area contributed by atoms with E-state index in [1.807, 2.05) is 12.1 Å². The molecule has 27 heavy (non-hydrogen) atoms. The molecule has 7 heteroatoms. The smallest absolute Gasteiger partial charge is 0.400 e. The fourth-order valence-electron chi connectivity index (χ4n) is 2.66. The third kappa shape index (κ3) is 7.05. The molecule has 0 saturated carbocycles. The highest BCUT2D eigenvalue weighted by molar-refractivity contribution is 5.94. The molecular formula is C20H25N3O4. The molecule has 1 amide bonds. The van der Waals surface area contributed by atoms with Gasteiger partial charge < -0.3 is 4.42 Å². The summed E-state index contributed by atoms with van der Waals surface area (Å²) in [6.45, 7) is 2.21. The van der Waals surface area contributed by atoms with Crippen LogP contribution >= 0.6 is 0 Å². The van der Waals surface area contributed by atoms with Crippen LogP contribution in [0.15, 0.2) is 45.9 Å². The lowest BCUT2D eigenvalue weighted by molar-refractivity contribution is -0.402. The topological polar surface area (TPSA) is 97.7 Å².